The number of carbonyl (C=O) groups excluding carboxylic acids is 1. The molecule has 1 saturated heterocycles. The van der Waals surface area contributed by atoms with Gasteiger partial charge in [-0.25, -0.2) is 9.97 Å². The van der Waals surface area contributed by atoms with Crippen molar-refractivity contribution in [3.05, 3.63) is 86.8 Å². The van der Waals surface area contributed by atoms with Crippen molar-refractivity contribution in [2.24, 2.45) is 0 Å². The molecule has 1 fully saturated rings. The van der Waals surface area contributed by atoms with Crippen molar-refractivity contribution in [2.75, 3.05) is 31.1 Å². The molecule has 6 heteroatoms. The van der Waals surface area contributed by atoms with Gasteiger partial charge >= 0.3 is 0 Å². The molecule has 1 aliphatic rings. The molecule has 3 aromatic rings. The van der Waals surface area contributed by atoms with E-state index in [2.05, 4.69) is 48.9 Å². The minimum absolute atomic E-state index is 0.0481. The number of hydrogen-bond acceptors (Lipinski definition) is 4. The molecule has 2 aromatic carbocycles. The van der Waals surface area contributed by atoms with Crippen LogP contribution in [0.25, 0.3) is 0 Å². The number of anilines is 1. The second-order valence-electron chi connectivity index (χ2n) is 8.55. The van der Waals surface area contributed by atoms with Crippen LogP contribution in [0.15, 0.2) is 42.5 Å². The molecule has 32 heavy (non-hydrogen) atoms. The summed E-state index contributed by atoms with van der Waals surface area (Å²) in [5.74, 6) is 1.82. The number of benzene rings is 2. The van der Waals surface area contributed by atoms with Crippen molar-refractivity contribution in [2.45, 2.75) is 34.1 Å². The van der Waals surface area contributed by atoms with Crippen LogP contribution in [-0.4, -0.2) is 47.0 Å². The number of hydrogen-bond donors (Lipinski definition) is 0. The number of piperazine rings is 1. The van der Waals surface area contributed by atoms with Gasteiger partial charge in [0.25, 0.3) is 5.91 Å². The second kappa shape index (κ2) is 9.29. The number of halogens is 1. The third kappa shape index (κ3) is 4.78. The van der Waals surface area contributed by atoms with E-state index in [9.17, 15) is 4.79 Å². The SMILES string of the molecule is Cc1ccc(C)c(Cc2c(C)nc(C)nc2N2CCN(C(=O)c3ccc(Cl)cc3)CC2)c1. The molecule has 0 unspecified atom stereocenters. The van der Waals surface area contributed by atoms with E-state index in [0.29, 0.717) is 23.7 Å². The zero-order valence-electron chi connectivity index (χ0n) is 19.2. The zero-order chi connectivity index (χ0) is 22.8. The fourth-order valence-corrected chi connectivity index (χ4v) is 4.39. The molecule has 0 bridgehead atoms. The number of nitrogens with zero attached hydrogens (tertiary/aromatic N) is 4. The van der Waals surface area contributed by atoms with Crippen LogP contribution in [0.1, 0.15) is 44.1 Å². The van der Waals surface area contributed by atoms with Crippen LogP contribution in [0, 0.1) is 27.7 Å². The zero-order valence-corrected chi connectivity index (χ0v) is 19.9. The summed E-state index contributed by atoms with van der Waals surface area (Å²) in [4.78, 5) is 26.6. The number of rotatable bonds is 4. The topological polar surface area (TPSA) is 49.3 Å². The van der Waals surface area contributed by atoms with Gasteiger partial charge in [-0.1, -0.05) is 35.4 Å². The molecule has 0 N–H and O–H groups in total. The molecule has 0 atom stereocenters. The van der Waals surface area contributed by atoms with Crippen LogP contribution < -0.4 is 4.90 Å². The van der Waals surface area contributed by atoms with E-state index in [0.717, 1.165) is 36.8 Å². The van der Waals surface area contributed by atoms with Crippen LogP contribution in [0.2, 0.25) is 5.02 Å². The lowest BCUT2D eigenvalue weighted by Gasteiger charge is -2.36. The Labute approximate surface area is 195 Å². The van der Waals surface area contributed by atoms with E-state index in [1.807, 2.05) is 11.8 Å². The minimum Gasteiger partial charge on any atom is -0.353 e. The Morgan fingerprint density at radius 1 is 0.938 bits per heavy atom. The fourth-order valence-electron chi connectivity index (χ4n) is 4.26. The summed E-state index contributed by atoms with van der Waals surface area (Å²) in [5.41, 5.74) is 6.70. The van der Waals surface area contributed by atoms with E-state index < -0.39 is 0 Å². The highest BCUT2D eigenvalue weighted by Crippen LogP contribution is 2.27. The normalized spacial score (nSPS) is 14.0. The molecule has 0 saturated carbocycles. The van der Waals surface area contributed by atoms with Gasteiger partial charge in [0, 0.05) is 54.4 Å². The first-order valence-corrected chi connectivity index (χ1v) is 11.4. The van der Waals surface area contributed by atoms with Crippen molar-refractivity contribution >= 4 is 23.3 Å². The predicted molar refractivity (Wildman–Crippen MR) is 130 cm³/mol. The lowest BCUT2D eigenvalue weighted by atomic mass is 9.97. The smallest absolute Gasteiger partial charge is 0.253 e. The van der Waals surface area contributed by atoms with E-state index in [1.54, 1.807) is 24.3 Å². The Bertz CT molecular complexity index is 1140. The van der Waals surface area contributed by atoms with Gasteiger partial charge in [-0.05, 0) is 63.1 Å². The average Bonchev–Trinajstić information content (AvgIpc) is 2.78. The molecule has 1 amide bonds. The van der Waals surface area contributed by atoms with E-state index in [1.165, 1.54) is 22.3 Å². The summed E-state index contributed by atoms with van der Waals surface area (Å²) in [7, 11) is 0. The Hall–Kier alpha value is -2.92. The molecule has 5 nitrogen and oxygen atoms in total. The van der Waals surface area contributed by atoms with Crippen molar-refractivity contribution in [1.82, 2.24) is 14.9 Å². The predicted octanol–water partition coefficient (Wildman–Crippen LogP) is 4.92. The van der Waals surface area contributed by atoms with Crippen LogP contribution in [-0.2, 0) is 6.42 Å². The molecular formula is C26H29ClN4O. The average molecular weight is 449 g/mol. The van der Waals surface area contributed by atoms with Crippen molar-refractivity contribution < 1.29 is 4.79 Å². The van der Waals surface area contributed by atoms with Gasteiger partial charge in [0.2, 0.25) is 0 Å². The van der Waals surface area contributed by atoms with Gasteiger partial charge in [0.05, 0.1) is 0 Å². The molecule has 0 radical (unpaired) electrons. The summed E-state index contributed by atoms with van der Waals surface area (Å²) >= 11 is 5.96. The van der Waals surface area contributed by atoms with Gasteiger partial charge in [0.1, 0.15) is 11.6 Å². The molecule has 166 valence electrons. The monoisotopic (exact) mass is 448 g/mol. The molecule has 2 heterocycles. The first-order valence-electron chi connectivity index (χ1n) is 11.0. The Balaban J connectivity index is 1.55. The molecule has 0 spiro atoms. The standard InChI is InChI=1S/C26H29ClN4O/c1-17-5-6-18(2)22(15-17)16-24-19(3)28-20(4)29-25(24)30-11-13-31(14-12-30)26(32)21-7-9-23(27)10-8-21/h5-10,15H,11-14,16H2,1-4H3. The molecule has 1 aliphatic heterocycles. The highest BCUT2D eigenvalue weighted by Gasteiger charge is 2.25. The first kappa shape index (κ1) is 22.3. The fraction of sp³-hybridized carbons (Fsp3) is 0.346. The summed E-state index contributed by atoms with van der Waals surface area (Å²) < 4.78 is 0. The van der Waals surface area contributed by atoms with Crippen molar-refractivity contribution in [3.8, 4) is 0 Å². The van der Waals surface area contributed by atoms with Crippen LogP contribution >= 0.6 is 11.6 Å². The van der Waals surface area contributed by atoms with E-state index in [4.69, 9.17) is 16.6 Å². The van der Waals surface area contributed by atoms with E-state index >= 15 is 0 Å². The van der Waals surface area contributed by atoms with Crippen molar-refractivity contribution in [1.29, 1.82) is 0 Å². The number of amides is 1. The van der Waals surface area contributed by atoms with Gasteiger partial charge in [-0.15, -0.1) is 0 Å². The van der Waals surface area contributed by atoms with Crippen molar-refractivity contribution in [3.63, 3.8) is 0 Å². The number of aryl methyl sites for hydroxylation is 4. The van der Waals surface area contributed by atoms with Crippen LogP contribution in [0.4, 0.5) is 5.82 Å². The highest BCUT2D eigenvalue weighted by molar-refractivity contribution is 6.30. The maximum atomic E-state index is 12.9. The highest BCUT2D eigenvalue weighted by atomic mass is 35.5. The molecule has 0 aliphatic carbocycles. The number of carbonyl (C=O) groups is 1. The maximum Gasteiger partial charge on any atom is 0.253 e. The summed E-state index contributed by atoms with van der Waals surface area (Å²) in [6, 6.07) is 13.7. The minimum atomic E-state index is 0.0481. The Kier molecular flexibility index (Phi) is 6.47. The third-order valence-corrected chi connectivity index (χ3v) is 6.39. The molecular weight excluding hydrogens is 420 g/mol. The van der Waals surface area contributed by atoms with Gasteiger partial charge < -0.3 is 9.80 Å². The quantitative estimate of drug-likeness (QED) is 0.568. The van der Waals surface area contributed by atoms with E-state index in [-0.39, 0.29) is 5.91 Å². The molecule has 1 aromatic heterocycles. The van der Waals surface area contributed by atoms with Gasteiger partial charge in [-0.2, -0.15) is 0 Å². The van der Waals surface area contributed by atoms with Crippen LogP contribution in [0.3, 0.4) is 0 Å². The maximum absolute atomic E-state index is 12.9. The Morgan fingerprint density at radius 2 is 1.62 bits per heavy atom. The third-order valence-electron chi connectivity index (χ3n) is 6.13. The molecule has 4 rings (SSSR count). The van der Waals surface area contributed by atoms with Gasteiger partial charge in [-0.3, -0.25) is 4.79 Å². The Morgan fingerprint density at radius 3 is 2.31 bits per heavy atom. The summed E-state index contributed by atoms with van der Waals surface area (Å²) in [6.07, 6.45) is 0.804. The van der Waals surface area contributed by atoms with Crippen LogP contribution in [0.5, 0.6) is 0 Å². The summed E-state index contributed by atoms with van der Waals surface area (Å²) in [5, 5.41) is 0.636. The lowest BCUT2D eigenvalue weighted by Crippen LogP contribution is -2.49. The lowest BCUT2D eigenvalue weighted by molar-refractivity contribution is 0.0746. The van der Waals surface area contributed by atoms with Gasteiger partial charge in [0.15, 0.2) is 0 Å². The number of aromatic nitrogens is 2. The summed E-state index contributed by atoms with van der Waals surface area (Å²) in [6.45, 7) is 11.1. The largest absolute Gasteiger partial charge is 0.353 e. The first-order chi connectivity index (χ1) is 15.3. The second-order valence-corrected chi connectivity index (χ2v) is 8.99.